The fourth-order valence-corrected chi connectivity index (χ4v) is 5.14. The van der Waals surface area contributed by atoms with Crippen molar-refractivity contribution in [3.63, 3.8) is 0 Å². The number of nitro groups is 1. The Morgan fingerprint density at radius 3 is 2.38 bits per heavy atom. The number of hydrogen-bond donors (Lipinski definition) is 0. The third kappa shape index (κ3) is 4.45. The van der Waals surface area contributed by atoms with E-state index in [-0.39, 0.29) is 17.2 Å². The molecule has 37 heavy (non-hydrogen) atoms. The number of piperazine rings is 1. The second kappa shape index (κ2) is 9.87. The maximum Gasteiger partial charge on any atom is 0.273 e. The first kappa shape index (κ1) is 24.2. The number of nitriles is 1. The maximum atomic E-state index is 13.3. The topological polar surface area (TPSA) is 117 Å². The van der Waals surface area contributed by atoms with Gasteiger partial charge in [-0.3, -0.25) is 29.2 Å². The van der Waals surface area contributed by atoms with Crippen molar-refractivity contribution in [2.24, 2.45) is 0 Å². The van der Waals surface area contributed by atoms with E-state index in [1.54, 1.807) is 13.0 Å². The number of amides is 1. The number of aryl methyl sites for hydroxylation is 1. The van der Waals surface area contributed by atoms with E-state index >= 15 is 0 Å². The van der Waals surface area contributed by atoms with Gasteiger partial charge in [0.25, 0.3) is 11.2 Å². The average molecular weight is 499 g/mol. The molecule has 0 N–H and O–H groups in total. The van der Waals surface area contributed by atoms with E-state index in [0.29, 0.717) is 17.7 Å². The molecule has 188 valence electrons. The summed E-state index contributed by atoms with van der Waals surface area (Å²) in [5.41, 5.74) is 2.31. The minimum atomic E-state index is -0.486. The highest BCUT2D eigenvalue weighted by atomic mass is 16.6. The molecule has 3 heterocycles. The Hall–Kier alpha value is -4.49. The predicted molar refractivity (Wildman–Crippen MR) is 140 cm³/mol. The molecule has 1 aliphatic rings. The van der Waals surface area contributed by atoms with E-state index in [1.807, 2.05) is 35.2 Å². The number of pyridine rings is 1. The molecular formula is C27H26N6O4. The van der Waals surface area contributed by atoms with Crippen LogP contribution >= 0.6 is 0 Å². The minimum absolute atomic E-state index is 0.00950. The molecule has 0 radical (unpaired) electrons. The highest BCUT2D eigenvalue weighted by molar-refractivity contribution is 6.07. The zero-order valence-electron chi connectivity index (χ0n) is 20.5. The Kier molecular flexibility index (Phi) is 6.46. The zero-order valence-corrected chi connectivity index (χ0v) is 20.5. The number of rotatable bonds is 6. The predicted octanol–water partition coefficient (Wildman–Crippen LogP) is 3.28. The largest absolute Gasteiger partial charge is 0.340 e. The lowest BCUT2D eigenvalue weighted by molar-refractivity contribution is -0.384. The van der Waals surface area contributed by atoms with Gasteiger partial charge in [-0.25, -0.2) is 0 Å². The summed E-state index contributed by atoms with van der Waals surface area (Å²) in [7, 11) is 0. The van der Waals surface area contributed by atoms with Crippen molar-refractivity contribution in [1.82, 2.24) is 18.9 Å². The molecule has 0 bridgehead atoms. The molecular weight excluding hydrogens is 472 g/mol. The van der Waals surface area contributed by atoms with Gasteiger partial charge in [-0.2, -0.15) is 5.26 Å². The molecule has 1 fully saturated rings. The van der Waals surface area contributed by atoms with Crippen LogP contribution in [0.1, 0.15) is 18.9 Å². The quantitative estimate of drug-likeness (QED) is 0.297. The van der Waals surface area contributed by atoms with Crippen LogP contribution in [0.15, 0.2) is 59.4 Å². The first-order valence-electron chi connectivity index (χ1n) is 12.2. The maximum absolute atomic E-state index is 13.3. The summed E-state index contributed by atoms with van der Waals surface area (Å²) in [6.07, 6.45) is 0.854. The highest BCUT2D eigenvalue weighted by Gasteiger charge is 2.21. The van der Waals surface area contributed by atoms with Gasteiger partial charge in [0, 0.05) is 62.9 Å². The van der Waals surface area contributed by atoms with Crippen LogP contribution in [-0.4, -0.2) is 62.5 Å². The summed E-state index contributed by atoms with van der Waals surface area (Å²) in [6.45, 7) is 6.29. The summed E-state index contributed by atoms with van der Waals surface area (Å²) in [5, 5.41) is 21.7. The lowest BCUT2D eigenvalue weighted by Gasteiger charge is -2.34. The molecule has 1 amide bonds. The molecule has 10 heteroatoms. The molecule has 0 aliphatic carbocycles. The van der Waals surface area contributed by atoms with E-state index in [0.717, 1.165) is 55.6 Å². The molecule has 2 aromatic carbocycles. The Labute approximate surface area is 212 Å². The molecule has 1 aliphatic heterocycles. The summed E-state index contributed by atoms with van der Waals surface area (Å²) in [4.78, 5) is 39.8. The minimum Gasteiger partial charge on any atom is -0.340 e. The van der Waals surface area contributed by atoms with Crippen LogP contribution in [0, 0.1) is 21.4 Å². The van der Waals surface area contributed by atoms with Gasteiger partial charge in [0.2, 0.25) is 5.91 Å². The lowest BCUT2D eigenvalue weighted by atomic mass is 10.2. The summed E-state index contributed by atoms with van der Waals surface area (Å²) in [5.74, 6) is 0.109. The van der Waals surface area contributed by atoms with Crippen LogP contribution < -0.4 is 5.56 Å². The molecule has 4 aromatic rings. The second-order valence-electron chi connectivity index (χ2n) is 9.19. The number of fused-ring (bicyclic) bond motifs is 3. The normalized spacial score (nSPS) is 14.2. The number of hydrogen-bond acceptors (Lipinski definition) is 6. The Morgan fingerprint density at radius 1 is 1.03 bits per heavy atom. The van der Waals surface area contributed by atoms with E-state index < -0.39 is 10.5 Å². The number of benzene rings is 2. The molecule has 0 saturated carbocycles. The summed E-state index contributed by atoms with van der Waals surface area (Å²) < 4.78 is 3.62. The molecule has 5 rings (SSSR count). The SMILES string of the molecule is CC(=O)N1CCN(CCCn2c3ccccc3c3c2cc(C#N)c(=O)n3-c2ccc([N+](=O)[O-])cc2)CC1. The van der Waals surface area contributed by atoms with Crippen LogP contribution in [0.25, 0.3) is 27.6 Å². The fraction of sp³-hybridized carbons (Fsp3) is 0.296. The van der Waals surface area contributed by atoms with E-state index in [9.17, 15) is 25.0 Å². The Balaban J connectivity index is 1.55. The van der Waals surface area contributed by atoms with Crippen molar-refractivity contribution in [1.29, 1.82) is 5.26 Å². The molecule has 1 saturated heterocycles. The van der Waals surface area contributed by atoms with Gasteiger partial charge in [0.15, 0.2) is 0 Å². The smallest absolute Gasteiger partial charge is 0.273 e. The first-order chi connectivity index (χ1) is 17.9. The van der Waals surface area contributed by atoms with Crippen molar-refractivity contribution >= 4 is 33.5 Å². The van der Waals surface area contributed by atoms with Gasteiger partial charge >= 0.3 is 0 Å². The highest BCUT2D eigenvalue weighted by Crippen LogP contribution is 2.31. The monoisotopic (exact) mass is 498 g/mol. The van der Waals surface area contributed by atoms with Gasteiger partial charge in [-0.1, -0.05) is 18.2 Å². The number of aromatic nitrogens is 2. The number of nitrogens with zero attached hydrogens (tertiary/aromatic N) is 6. The summed E-state index contributed by atoms with van der Waals surface area (Å²) >= 11 is 0. The molecule has 2 aromatic heterocycles. The first-order valence-corrected chi connectivity index (χ1v) is 12.2. The van der Waals surface area contributed by atoms with Crippen molar-refractivity contribution in [2.75, 3.05) is 32.7 Å². The zero-order chi connectivity index (χ0) is 26.1. The van der Waals surface area contributed by atoms with Crippen LogP contribution in [0.3, 0.4) is 0 Å². The van der Waals surface area contributed by atoms with Gasteiger partial charge in [0.1, 0.15) is 11.6 Å². The standard InChI is InChI=1S/C27H26N6O4/c1-19(34)30-15-13-29(14-16-30)11-4-12-31-24-6-3-2-5-23(24)26-25(31)17-20(18-28)27(35)32(26)21-7-9-22(10-8-21)33(36)37/h2-3,5-10,17H,4,11-16H2,1H3. The Morgan fingerprint density at radius 2 is 1.73 bits per heavy atom. The molecule has 0 atom stereocenters. The molecule has 0 unspecified atom stereocenters. The number of carbonyl (C=O) groups is 1. The summed E-state index contributed by atoms with van der Waals surface area (Å²) in [6, 6.07) is 17.2. The molecule has 0 spiro atoms. The Bertz CT molecular complexity index is 1600. The van der Waals surface area contributed by atoms with Crippen LogP contribution in [0.4, 0.5) is 5.69 Å². The third-order valence-corrected chi connectivity index (χ3v) is 7.03. The molecule has 10 nitrogen and oxygen atoms in total. The average Bonchev–Trinajstić information content (AvgIpc) is 3.21. The van der Waals surface area contributed by atoms with Crippen LogP contribution in [-0.2, 0) is 11.3 Å². The van der Waals surface area contributed by atoms with Crippen molar-refractivity contribution < 1.29 is 9.72 Å². The van der Waals surface area contributed by atoms with Gasteiger partial charge in [0.05, 0.1) is 21.5 Å². The van der Waals surface area contributed by atoms with E-state index in [2.05, 4.69) is 9.47 Å². The van der Waals surface area contributed by atoms with E-state index in [4.69, 9.17) is 0 Å². The van der Waals surface area contributed by atoms with E-state index in [1.165, 1.54) is 28.8 Å². The van der Waals surface area contributed by atoms with Crippen LogP contribution in [0.5, 0.6) is 0 Å². The van der Waals surface area contributed by atoms with Crippen LogP contribution in [0.2, 0.25) is 0 Å². The fourth-order valence-electron chi connectivity index (χ4n) is 5.14. The van der Waals surface area contributed by atoms with Crippen molar-refractivity contribution in [3.8, 4) is 11.8 Å². The number of non-ortho nitro benzene ring substituents is 1. The van der Waals surface area contributed by atoms with Gasteiger partial charge in [-0.05, 0) is 37.2 Å². The number of para-hydroxylation sites is 1. The van der Waals surface area contributed by atoms with Crippen molar-refractivity contribution in [2.45, 2.75) is 19.9 Å². The number of carbonyl (C=O) groups excluding carboxylic acids is 1. The van der Waals surface area contributed by atoms with Gasteiger partial charge < -0.3 is 9.47 Å². The lowest BCUT2D eigenvalue weighted by Crippen LogP contribution is -2.48. The van der Waals surface area contributed by atoms with Crippen molar-refractivity contribution in [3.05, 3.63) is 80.6 Å². The second-order valence-corrected chi connectivity index (χ2v) is 9.19. The number of nitro benzene ring substituents is 1. The van der Waals surface area contributed by atoms with Gasteiger partial charge in [-0.15, -0.1) is 0 Å². The third-order valence-electron chi connectivity index (χ3n) is 7.03.